The Hall–Kier alpha value is -3.22. The van der Waals surface area contributed by atoms with E-state index in [1.54, 1.807) is 6.07 Å². The van der Waals surface area contributed by atoms with Crippen molar-refractivity contribution in [3.8, 4) is 0 Å². The van der Waals surface area contributed by atoms with Gasteiger partial charge < -0.3 is 15.0 Å². The summed E-state index contributed by atoms with van der Waals surface area (Å²) in [5.74, 6) is -2.96. The van der Waals surface area contributed by atoms with E-state index >= 15 is 0 Å². The Morgan fingerprint density at radius 2 is 1.88 bits per heavy atom. The number of ether oxygens (including phenoxy) is 1. The van der Waals surface area contributed by atoms with Gasteiger partial charge in [-0.1, -0.05) is 6.07 Å². The quantitative estimate of drug-likeness (QED) is 0.696. The molecule has 134 valence electrons. The van der Waals surface area contributed by atoms with Gasteiger partial charge in [0.15, 0.2) is 6.61 Å². The molecule has 0 spiro atoms. The number of aryl methyl sites for hydroxylation is 2. The van der Waals surface area contributed by atoms with Crippen LogP contribution in [0.3, 0.4) is 0 Å². The van der Waals surface area contributed by atoms with Crippen molar-refractivity contribution in [1.82, 2.24) is 4.98 Å². The molecule has 0 unspecified atom stereocenters. The van der Waals surface area contributed by atoms with Crippen molar-refractivity contribution in [3.05, 3.63) is 64.9 Å². The number of nitrogens with one attached hydrogen (secondary N) is 2. The van der Waals surface area contributed by atoms with Crippen LogP contribution < -0.4 is 5.32 Å². The van der Waals surface area contributed by atoms with Crippen molar-refractivity contribution >= 4 is 28.5 Å². The second-order valence-corrected chi connectivity index (χ2v) is 5.97. The van der Waals surface area contributed by atoms with Crippen molar-refractivity contribution in [2.45, 2.75) is 13.8 Å². The van der Waals surface area contributed by atoms with Gasteiger partial charge >= 0.3 is 5.97 Å². The fourth-order valence-corrected chi connectivity index (χ4v) is 2.70. The minimum Gasteiger partial charge on any atom is -0.451 e. The molecule has 0 bridgehead atoms. The molecule has 0 saturated heterocycles. The number of hydrogen-bond acceptors (Lipinski definition) is 3. The Labute approximate surface area is 148 Å². The van der Waals surface area contributed by atoms with E-state index in [1.807, 2.05) is 26.0 Å². The van der Waals surface area contributed by atoms with Crippen LogP contribution in [0.5, 0.6) is 0 Å². The summed E-state index contributed by atoms with van der Waals surface area (Å²) < 4.78 is 31.5. The van der Waals surface area contributed by atoms with E-state index in [4.69, 9.17) is 4.74 Å². The highest BCUT2D eigenvalue weighted by Gasteiger charge is 2.15. The van der Waals surface area contributed by atoms with Gasteiger partial charge in [0.2, 0.25) is 0 Å². The van der Waals surface area contributed by atoms with Gasteiger partial charge in [-0.05, 0) is 49.2 Å². The third kappa shape index (κ3) is 3.72. The number of amides is 1. The molecule has 0 radical (unpaired) electrons. The van der Waals surface area contributed by atoms with Gasteiger partial charge in [0.25, 0.3) is 5.91 Å². The molecular weight excluding hydrogens is 342 g/mol. The molecule has 3 aromatic rings. The molecule has 0 atom stereocenters. The molecule has 0 aliphatic rings. The molecule has 0 aliphatic heterocycles. The first-order valence-corrected chi connectivity index (χ1v) is 7.85. The topological polar surface area (TPSA) is 71.2 Å². The smallest absolute Gasteiger partial charge is 0.355 e. The number of fused-ring (bicyclic) bond motifs is 1. The Morgan fingerprint density at radius 3 is 2.65 bits per heavy atom. The summed E-state index contributed by atoms with van der Waals surface area (Å²) in [5.41, 5.74) is 2.74. The summed E-state index contributed by atoms with van der Waals surface area (Å²) in [6.45, 7) is 3.25. The number of benzene rings is 2. The average molecular weight is 358 g/mol. The number of esters is 1. The van der Waals surface area contributed by atoms with Gasteiger partial charge in [-0.2, -0.15) is 0 Å². The molecule has 3 rings (SSSR count). The normalized spacial score (nSPS) is 10.8. The van der Waals surface area contributed by atoms with Crippen LogP contribution in [0.4, 0.5) is 14.5 Å². The van der Waals surface area contributed by atoms with Gasteiger partial charge in [0, 0.05) is 17.0 Å². The molecule has 0 aliphatic carbocycles. The number of halogens is 2. The lowest BCUT2D eigenvalue weighted by Crippen LogP contribution is -2.21. The molecule has 1 aromatic heterocycles. The monoisotopic (exact) mass is 358 g/mol. The number of carbonyl (C=O) groups is 2. The Balaban J connectivity index is 1.66. The maximum Gasteiger partial charge on any atom is 0.355 e. The second-order valence-electron chi connectivity index (χ2n) is 5.97. The number of hydrogen-bond donors (Lipinski definition) is 2. The van der Waals surface area contributed by atoms with Crippen LogP contribution in [0.25, 0.3) is 10.9 Å². The molecule has 2 N–H and O–H groups in total. The number of aromatic amines is 1. The molecule has 0 saturated carbocycles. The Morgan fingerprint density at radius 1 is 1.12 bits per heavy atom. The maximum absolute atomic E-state index is 13.5. The van der Waals surface area contributed by atoms with Crippen LogP contribution in [-0.4, -0.2) is 23.5 Å². The highest BCUT2D eigenvalue weighted by molar-refractivity contribution is 5.98. The highest BCUT2D eigenvalue weighted by Crippen LogP contribution is 2.22. The largest absolute Gasteiger partial charge is 0.451 e. The summed E-state index contributed by atoms with van der Waals surface area (Å²) in [7, 11) is 0. The van der Waals surface area contributed by atoms with Crippen LogP contribution in [-0.2, 0) is 9.53 Å². The lowest BCUT2D eigenvalue weighted by atomic mass is 10.1. The number of H-pyrrole nitrogens is 1. The van der Waals surface area contributed by atoms with E-state index in [9.17, 15) is 18.4 Å². The van der Waals surface area contributed by atoms with Crippen molar-refractivity contribution in [3.63, 3.8) is 0 Å². The van der Waals surface area contributed by atoms with E-state index in [-0.39, 0.29) is 11.4 Å². The van der Waals surface area contributed by atoms with Crippen LogP contribution in [0, 0.1) is 25.5 Å². The Kier molecular flexibility index (Phi) is 4.71. The molecule has 2 aromatic carbocycles. The van der Waals surface area contributed by atoms with Crippen LogP contribution >= 0.6 is 0 Å². The number of rotatable bonds is 4. The first kappa shape index (κ1) is 17.6. The zero-order valence-corrected chi connectivity index (χ0v) is 14.2. The summed E-state index contributed by atoms with van der Waals surface area (Å²) in [4.78, 5) is 26.9. The number of aromatic nitrogens is 1. The molecule has 1 amide bonds. The zero-order chi connectivity index (χ0) is 18.8. The van der Waals surface area contributed by atoms with Crippen molar-refractivity contribution < 1.29 is 23.1 Å². The first-order chi connectivity index (χ1) is 12.3. The van der Waals surface area contributed by atoms with Gasteiger partial charge in [-0.25, -0.2) is 13.6 Å². The highest BCUT2D eigenvalue weighted by atomic mass is 19.1. The molecule has 26 heavy (non-hydrogen) atoms. The van der Waals surface area contributed by atoms with Crippen molar-refractivity contribution in [1.29, 1.82) is 0 Å². The number of anilines is 1. The van der Waals surface area contributed by atoms with Crippen molar-refractivity contribution in [2.24, 2.45) is 0 Å². The lowest BCUT2D eigenvalue weighted by molar-refractivity contribution is -0.119. The van der Waals surface area contributed by atoms with Gasteiger partial charge in [0.05, 0.1) is 5.69 Å². The number of carbonyl (C=O) groups excluding carboxylic acids is 2. The Bertz CT molecular complexity index is 1010. The summed E-state index contributed by atoms with van der Waals surface area (Å²) in [6, 6.07) is 8.22. The third-order valence-corrected chi connectivity index (χ3v) is 3.85. The fraction of sp³-hybridized carbons (Fsp3) is 0.158. The summed E-state index contributed by atoms with van der Waals surface area (Å²) in [6.07, 6.45) is 0. The predicted molar refractivity (Wildman–Crippen MR) is 93.0 cm³/mol. The van der Waals surface area contributed by atoms with E-state index in [1.165, 1.54) is 0 Å². The standard InChI is InChI=1S/C19H16F2N2O3/c1-10-5-11(2)13-8-17(22-15(13)6-10)19(25)26-9-18(24)23-16-7-12(20)3-4-14(16)21/h3-8,22H,9H2,1-2H3,(H,23,24). The third-order valence-electron chi connectivity index (χ3n) is 3.85. The van der Waals surface area contributed by atoms with Crippen LogP contribution in [0.1, 0.15) is 21.6 Å². The molecule has 1 heterocycles. The average Bonchev–Trinajstić information content (AvgIpc) is 3.00. The van der Waals surface area contributed by atoms with Crippen molar-refractivity contribution in [2.75, 3.05) is 11.9 Å². The SMILES string of the molecule is Cc1cc(C)c2cc(C(=O)OCC(=O)Nc3cc(F)ccc3F)[nH]c2c1. The molecule has 7 heteroatoms. The van der Waals surface area contributed by atoms with E-state index in [0.29, 0.717) is 0 Å². The minimum atomic E-state index is -0.785. The minimum absolute atomic E-state index is 0.207. The lowest BCUT2D eigenvalue weighted by Gasteiger charge is -2.07. The van der Waals surface area contributed by atoms with E-state index in [2.05, 4.69) is 10.3 Å². The van der Waals surface area contributed by atoms with Gasteiger partial charge in [-0.3, -0.25) is 4.79 Å². The van der Waals surface area contributed by atoms with Gasteiger partial charge in [0.1, 0.15) is 17.3 Å². The van der Waals surface area contributed by atoms with Crippen LogP contribution in [0.2, 0.25) is 0 Å². The first-order valence-electron chi connectivity index (χ1n) is 7.85. The van der Waals surface area contributed by atoms with Gasteiger partial charge in [-0.15, -0.1) is 0 Å². The molecule has 5 nitrogen and oxygen atoms in total. The zero-order valence-electron chi connectivity index (χ0n) is 14.2. The summed E-state index contributed by atoms with van der Waals surface area (Å²) >= 11 is 0. The molecular formula is C19H16F2N2O3. The van der Waals surface area contributed by atoms with E-state index in [0.717, 1.165) is 40.2 Å². The predicted octanol–water partition coefficient (Wildman–Crippen LogP) is 3.86. The fourth-order valence-electron chi connectivity index (χ4n) is 2.70. The van der Waals surface area contributed by atoms with Crippen LogP contribution in [0.15, 0.2) is 36.4 Å². The molecule has 0 fully saturated rings. The second kappa shape index (κ2) is 6.95. The van der Waals surface area contributed by atoms with E-state index < -0.39 is 30.1 Å². The summed E-state index contributed by atoms with van der Waals surface area (Å²) in [5, 5.41) is 3.04. The maximum atomic E-state index is 13.5.